The zero-order chi connectivity index (χ0) is 10.7. The van der Waals surface area contributed by atoms with Crippen LogP contribution in [-0.2, 0) is 11.3 Å². The molecule has 0 aromatic heterocycles. The summed E-state index contributed by atoms with van der Waals surface area (Å²) in [6.07, 6.45) is 1.10. The Balaban J connectivity index is 2.05. The van der Waals surface area contributed by atoms with Gasteiger partial charge < -0.3 is 10.1 Å². The van der Waals surface area contributed by atoms with Gasteiger partial charge in [-0.3, -0.25) is 4.79 Å². The third-order valence-corrected chi connectivity index (χ3v) is 2.37. The summed E-state index contributed by atoms with van der Waals surface area (Å²) in [4.78, 5) is 13.1. The summed E-state index contributed by atoms with van der Waals surface area (Å²) in [5.41, 5.74) is 1.08. The van der Waals surface area contributed by atoms with E-state index in [4.69, 9.17) is 0 Å². The number of amides is 1. The minimum absolute atomic E-state index is 0.208. The molecule has 0 fully saturated rings. The fourth-order valence-corrected chi connectivity index (χ4v) is 1.56. The van der Waals surface area contributed by atoms with Gasteiger partial charge in [0.15, 0.2) is 6.54 Å². The van der Waals surface area contributed by atoms with E-state index < -0.39 is 0 Å². The molecule has 4 heteroatoms. The molecular formula is C11H12N2O2. The highest BCUT2D eigenvalue weighted by Gasteiger charge is 2.20. The van der Waals surface area contributed by atoms with E-state index in [1.807, 2.05) is 30.3 Å². The first-order valence-electron chi connectivity index (χ1n) is 4.87. The second kappa shape index (κ2) is 4.13. The number of hydrogen-bond acceptors (Lipinski definition) is 2. The maximum Gasteiger partial charge on any atom is 0.312 e. The molecule has 1 amide bonds. The Labute approximate surface area is 88.0 Å². The first kappa shape index (κ1) is 9.71. The molecule has 0 saturated carbocycles. The topological polar surface area (TPSA) is 46.4 Å². The molecule has 0 spiro atoms. The summed E-state index contributed by atoms with van der Waals surface area (Å²) in [5.74, 6) is -0.208. The number of carbonyl (C=O) groups excluding carboxylic acids is 1. The van der Waals surface area contributed by atoms with Crippen LogP contribution in [0.5, 0.6) is 0 Å². The monoisotopic (exact) mass is 204 g/mol. The fourth-order valence-electron chi connectivity index (χ4n) is 1.56. The van der Waals surface area contributed by atoms with Gasteiger partial charge >= 0.3 is 5.91 Å². The normalized spacial score (nSPS) is 16.4. The van der Waals surface area contributed by atoms with Crippen molar-refractivity contribution < 1.29 is 9.53 Å². The standard InChI is InChI=1S/C11H12N2O2/c14-11-9-13(15)7-6-12(11)8-10-4-2-1-3-5-10/h1-5,9H,6-8H2. The largest absolute Gasteiger partial charge is 0.624 e. The van der Waals surface area contributed by atoms with Crippen molar-refractivity contribution in [3.05, 3.63) is 41.1 Å². The molecule has 0 aliphatic carbocycles. The number of hydroxylamine groups is 1. The van der Waals surface area contributed by atoms with Crippen molar-refractivity contribution >= 4 is 12.1 Å². The number of hydrogen-bond donors (Lipinski definition) is 0. The van der Waals surface area contributed by atoms with Crippen LogP contribution in [0.3, 0.4) is 0 Å². The molecule has 0 saturated heterocycles. The summed E-state index contributed by atoms with van der Waals surface area (Å²) < 4.78 is 0.684. The number of carbonyl (C=O) groups is 1. The van der Waals surface area contributed by atoms with Gasteiger partial charge in [0, 0.05) is 6.54 Å². The molecule has 0 bridgehead atoms. The number of benzene rings is 1. The second-order valence-corrected chi connectivity index (χ2v) is 3.52. The first-order valence-corrected chi connectivity index (χ1v) is 4.87. The van der Waals surface area contributed by atoms with Gasteiger partial charge in [0.05, 0.1) is 6.54 Å². The maximum atomic E-state index is 11.4. The van der Waals surface area contributed by atoms with Gasteiger partial charge in [-0.2, -0.15) is 0 Å². The Hall–Kier alpha value is -1.84. The minimum atomic E-state index is -0.208. The van der Waals surface area contributed by atoms with Crippen LogP contribution in [0.2, 0.25) is 0 Å². The molecule has 1 aliphatic heterocycles. The number of rotatable bonds is 2. The van der Waals surface area contributed by atoms with Crippen molar-refractivity contribution in [2.75, 3.05) is 13.1 Å². The van der Waals surface area contributed by atoms with E-state index >= 15 is 0 Å². The van der Waals surface area contributed by atoms with Gasteiger partial charge in [0.25, 0.3) is 0 Å². The predicted octanol–water partition coefficient (Wildman–Crippen LogP) is 0.610. The van der Waals surface area contributed by atoms with Crippen molar-refractivity contribution in [2.24, 2.45) is 0 Å². The van der Waals surface area contributed by atoms with Crippen LogP contribution >= 0.6 is 0 Å². The molecule has 78 valence electrons. The lowest BCUT2D eigenvalue weighted by Gasteiger charge is -2.23. The van der Waals surface area contributed by atoms with Gasteiger partial charge in [-0.05, 0) is 5.56 Å². The van der Waals surface area contributed by atoms with Crippen molar-refractivity contribution in [1.29, 1.82) is 0 Å². The third-order valence-electron chi connectivity index (χ3n) is 2.37. The molecule has 15 heavy (non-hydrogen) atoms. The van der Waals surface area contributed by atoms with Gasteiger partial charge in [0.2, 0.25) is 6.21 Å². The quantitative estimate of drug-likeness (QED) is 0.523. The third kappa shape index (κ3) is 2.34. The van der Waals surface area contributed by atoms with E-state index in [1.54, 1.807) is 4.90 Å². The summed E-state index contributed by atoms with van der Waals surface area (Å²) in [5, 5.41) is 10.9. The van der Waals surface area contributed by atoms with Gasteiger partial charge in [0.1, 0.15) is 0 Å². The van der Waals surface area contributed by atoms with E-state index in [9.17, 15) is 10.0 Å². The maximum absolute atomic E-state index is 11.4. The summed E-state index contributed by atoms with van der Waals surface area (Å²) in [6.45, 7) is 1.43. The number of nitrogens with zero attached hydrogens (tertiary/aromatic N) is 2. The Morgan fingerprint density at radius 3 is 2.73 bits per heavy atom. The zero-order valence-corrected chi connectivity index (χ0v) is 8.30. The molecule has 0 N–H and O–H groups in total. The molecule has 0 radical (unpaired) electrons. The fraction of sp³-hybridized carbons (Fsp3) is 0.273. The second-order valence-electron chi connectivity index (χ2n) is 3.52. The van der Waals surface area contributed by atoms with Gasteiger partial charge in [-0.15, -0.1) is 0 Å². The smallest absolute Gasteiger partial charge is 0.312 e. The molecule has 1 aromatic carbocycles. The minimum Gasteiger partial charge on any atom is -0.624 e. The van der Waals surface area contributed by atoms with Crippen LogP contribution < -0.4 is 0 Å². The Kier molecular flexibility index (Phi) is 2.67. The molecule has 0 atom stereocenters. The first-order chi connectivity index (χ1) is 7.25. The van der Waals surface area contributed by atoms with E-state index in [1.165, 1.54) is 0 Å². The summed E-state index contributed by atoms with van der Waals surface area (Å²) in [7, 11) is 0. The highest BCUT2D eigenvalue weighted by atomic mass is 16.5. The Bertz CT molecular complexity index is 387. The Morgan fingerprint density at radius 1 is 1.33 bits per heavy atom. The van der Waals surface area contributed by atoms with Gasteiger partial charge in [-0.25, -0.2) is 4.74 Å². The molecule has 1 aromatic rings. The van der Waals surface area contributed by atoms with Crippen LogP contribution in [0.15, 0.2) is 30.3 Å². The molecule has 1 aliphatic rings. The molecule has 4 nitrogen and oxygen atoms in total. The lowest BCUT2D eigenvalue weighted by Crippen LogP contribution is -2.41. The molecular weight excluding hydrogens is 192 g/mol. The van der Waals surface area contributed by atoms with E-state index in [2.05, 4.69) is 0 Å². The summed E-state index contributed by atoms with van der Waals surface area (Å²) in [6, 6.07) is 9.75. The van der Waals surface area contributed by atoms with Crippen LogP contribution in [0.1, 0.15) is 5.56 Å². The van der Waals surface area contributed by atoms with E-state index in [0.29, 0.717) is 24.4 Å². The van der Waals surface area contributed by atoms with Gasteiger partial charge in [-0.1, -0.05) is 30.3 Å². The van der Waals surface area contributed by atoms with E-state index in [0.717, 1.165) is 11.8 Å². The average molecular weight is 204 g/mol. The Morgan fingerprint density at radius 2 is 2.07 bits per heavy atom. The van der Waals surface area contributed by atoms with Crippen molar-refractivity contribution in [2.45, 2.75) is 6.54 Å². The van der Waals surface area contributed by atoms with Crippen molar-refractivity contribution in [3.8, 4) is 0 Å². The predicted molar refractivity (Wildman–Crippen MR) is 56.4 cm³/mol. The molecule has 0 unspecified atom stereocenters. The van der Waals surface area contributed by atoms with Crippen LogP contribution in [-0.4, -0.2) is 34.9 Å². The average Bonchev–Trinajstić information content (AvgIpc) is 2.24. The zero-order valence-electron chi connectivity index (χ0n) is 8.30. The highest BCUT2D eigenvalue weighted by Crippen LogP contribution is 2.05. The van der Waals surface area contributed by atoms with Crippen LogP contribution in [0.25, 0.3) is 0 Å². The SMILES string of the molecule is O=C1C=[N+]([O-])CCN1Cc1ccccc1. The molecule has 2 rings (SSSR count). The van der Waals surface area contributed by atoms with Crippen molar-refractivity contribution in [3.63, 3.8) is 0 Å². The van der Waals surface area contributed by atoms with Crippen LogP contribution in [0.4, 0.5) is 0 Å². The van der Waals surface area contributed by atoms with Crippen molar-refractivity contribution in [1.82, 2.24) is 4.90 Å². The highest BCUT2D eigenvalue weighted by molar-refractivity contribution is 6.24. The van der Waals surface area contributed by atoms with Crippen LogP contribution in [0, 0.1) is 5.21 Å². The van der Waals surface area contributed by atoms with E-state index in [-0.39, 0.29) is 5.91 Å². The molecule has 1 heterocycles. The lowest BCUT2D eigenvalue weighted by atomic mass is 10.2. The summed E-state index contributed by atoms with van der Waals surface area (Å²) >= 11 is 0. The lowest BCUT2D eigenvalue weighted by molar-refractivity contribution is -0.456.